The van der Waals surface area contributed by atoms with Crippen molar-refractivity contribution in [1.29, 1.82) is 0 Å². The zero-order valence-electron chi connectivity index (χ0n) is 12.1. The molecule has 1 atom stereocenters. The van der Waals surface area contributed by atoms with E-state index < -0.39 is 0 Å². The maximum atomic E-state index is 12.0. The van der Waals surface area contributed by atoms with Gasteiger partial charge in [0.2, 0.25) is 5.91 Å². The minimum atomic E-state index is -0.371. The van der Waals surface area contributed by atoms with Gasteiger partial charge in [-0.1, -0.05) is 12.2 Å². The van der Waals surface area contributed by atoms with Crippen LogP contribution in [-0.4, -0.2) is 36.0 Å². The van der Waals surface area contributed by atoms with Crippen molar-refractivity contribution in [2.24, 2.45) is 11.1 Å². The van der Waals surface area contributed by atoms with Gasteiger partial charge in [-0.25, -0.2) is 4.98 Å². The number of carbonyl (C=O) groups excluding carboxylic acids is 1. The average molecular weight is 292 g/mol. The van der Waals surface area contributed by atoms with E-state index in [0.29, 0.717) is 11.5 Å². The first kappa shape index (κ1) is 14.7. The van der Waals surface area contributed by atoms with E-state index in [-0.39, 0.29) is 11.3 Å². The summed E-state index contributed by atoms with van der Waals surface area (Å²) in [5.74, 6) is 0.905. The molecule has 0 aromatic carbocycles. The van der Waals surface area contributed by atoms with E-state index in [9.17, 15) is 4.79 Å². The van der Waals surface area contributed by atoms with Gasteiger partial charge in [-0.05, 0) is 32.4 Å². The summed E-state index contributed by atoms with van der Waals surface area (Å²) in [6.45, 7) is 5.35. The van der Waals surface area contributed by atoms with Gasteiger partial charge in [0.15, 0.2) is 0 Å². The highest BCUT2D eigenvalue weighted by Crippen LogP contribution is 2.33. The quantitative estimate of drug-likeness (QED) is 0.813. The average Bonchev–Trinajstić information content (AvgIpc) is 2.81. The zero-order valence-corrected chi connectivity index (χ0v) is 12.9. The SMILES string of the molecule is CNC(=O)C1(C)CCN(c2cc(C(N)=S)cc(C)n2)C1. The van der Waals surface area contributed by atoms with Crippen LogP contribution in [-0.2, 0) is 4.79 Å². The molecule has 1 fully saturated rings. The van der Waals surface area contributed by atoms with Crippen LogP contribution in [0.3, 0.4) is 0 Å². The van der Waals surface area contributed by atoms with E-state index in [0.717, 1.165) is 30.0 Å². The Hall–Kier alpha value is -1.69. The molecule has 1 aliphatic rings. The van der Waals surface area contributed by atoms with Crippen molar-refractivity contribution in [3.05, 3.63) is 23.4 Å². The fraction of sp³-hybridized carbons (Fsp3) is 0.500. The van der Waals surface area contributed by atoms with Crippen LogP contribution in [0, 0.1) is 12.3 Å². The van der Waals surface area contributed by atoms with Gasteiger partial charge in [0.1, 0.15) is 10.8 Å². The highest BCUT2D eigenvalue weighted by Gasteiger charge is 2.40. The summed E-state index contributed by atoms with van der Waals surface area (Å²) in [6.07, 6.45) is 0.810. The molecule has 0 aliphatic carbocycles. The van der Waals surface area contributed by atoms with Gasteiger partial charge in [-0.15, -0.1) is 0 Å². The molecule has 1 aromatic heterocycles. The van der Waals surface area contributed by atoms with Crippen LogP contribution >= 0.6 is 12.2 Å². The monoisotopic (exact) mass is 292 g/mol. The van der Waals surface area contributed by atoms with Crippen LogP contribution in [0.1, 0.15) is 24.6 Å². The molecule has 1 saturated heterocycles. The number of nitrogens with two attached hydrogens (primary N) is 1. The third-order valence-corrected chi connectivity index (χ3v) is 4.03. The van der Waals surface area contributed by atoms with E-state index in [1.54, 1.807) is 7.05 Å². The Morgan fingerprint density at radius 3 is 2.85 bits per heavy atom. The first-order chi connectivity index (χ1) is 9.35. The van der Waals surface area contributed by atoms with E-state index in [1.807, 2.05) is 26.0 Å². The summed E-state index contributed by atoms with van der Waals surface area (Å²) >= 11 is 5.03. The highest BCUT2D eigenvalue weighted by atomic mass is 32.1. The fourth-order valence-electron chi connectivity index (χ4n) is 2.60. The van der Waals surface area contributed by atoms with Crippen LogP contribution in [0.25, 0.3) is 0 Å². The van der Waals surface area contributed by atoms with Gasteiger partial charge in [-0.2, -0.15) is 0 Å². The van der Waals surface area contributed by atoms with Crippen LogP contribution < -0.4 is 16.0 Å². The van der Waals surface area contributed by atoms with E-state index in [1.165, 1.54) is 0 Å². The van der Waals surface area contributed by atoms with Crippen molar-refractivity contribution < 1.29 is 4.79 Å². The van der Waals surface area contributed by atoms with Gasteiger partial charge < -0.3 is 16.0 Å². The molecule has 1 unspecified atom stereocenters. The second-order valence-electron chi connectivity index (χ2n) is 5.53. The van der Waals surface area contributed by atoms with E-state index in [2.05, 4.69) is 15.2 Å². The number of nitrogens with one attached hydrogen (secondary N) is 1. The van der Waals surface area contributed by atoms with Crippen molar-refractivity contribution in [2.45, 2.75) is 20.3 Å². The first-order valence-corrected chi connectivity index (χ1v) is 7.02. The molecule has 2 heterocycles. The topological polar surface area (TPSA) is 71.2 Å². The number of aromatic nitrogens is 1. The van der Waals surface area contributed by atoms with Gasteiger partial charge in [-0.3, -0.25) is 4.79 Å². The lowest BCUT2D eigenvalue weighted by Gasteiger charge is -2.23. The minimum Gasteiger partial charge on any atom is -0.389 e. The summed E-state index contributed by atoms with van der Waals surface area (Å²) in [5.41, 5.74) is 7.01. The lowest BCUT2D eigenvalue weighted by molar-refractivity contribution is -0.128. The molecule has 1 aliphatic heterocycles. The number of hydrogen-bond acceptors (Lipinski definition) is 4. The summed E-state index contributed by atoms with van der Waals surface area (Å²) < 4.78 is 0. The van der Waals surface area contributed by atoms with Crippen LogP contribution in [0.15, 0.2) is 12.1 Å². The highest BCUT2D eigenvalue weighted by molar-refractivity contribution is 7.80. The van der Waals surface area contributed by atoms with Gasteiger partial charge in [0.05, 0.1) is 5.41 Å². The second-order valence-corrected chi connectivity index (χ2v) is 5.97. The Balaban J connectivity index is 2.26. The Morgan fingerprint density at radius 2 is 2.25 bits per heavy atom. The smallest absolute Gasteiger partial charge is 0.227 e. The van der Waals surface area contributed by atoms with Crippen LogP contribution in [0.5, 0.6) is 0 Å². The summed E-state index contributed by atoms with van der Waals surface area (Å²) in [4.78, 5) is 19.0. The Labute approximate surface area is 124 Å². The Bertz CT molecular complexity index is 560. The van der Waals surface area contributed by atoms with Gasteiger partial charge in [0.25, 0.3) is 0 Å². The number of pyridine rings is 1. The first-order valence-electron chi connectivity index (χ1n) is 6.61. The maximum Gasteiger partial charge on any atom is 0.227 e. The molecule has 20 heavy (non-hydrogen) atoms. The fourth-order valence-corrected chi connectivity index (χ4v) is 2.72. The van der Waals surface area contributed by atoms with E-state index in [4.69, 9.17) is 18.0 Å². The number of carbonyl (C=O) groups is 1. The van der Waals surface area contributed by atoms with Crippen LogP contribution in [0.2, 0.25) is 0 Å². The standard InChI is InChI=1S/C14H20N4OS/c1-9-6-10(12(15)20)7-11(17-9)18-5-4-14(2,8-18)13(19)16-3/h6-7H,4-5,8H2,1-3H3,(H2,15,20)(H,16,19). The molecule has 3 N–H and O–H groups in total. The second kappa shape index (κ2) is 5.36. The summed E-state index contributed by atoms with van der Waals surface area (Å²) in [5, 5.41) is 2.73. The number of aryl methyl sites for hydroxylation is 1. The number of rotatable bonds is 3. The molecule has 1 aromatic rings. The van der Waals surface area contributed by atoms with Crippen molar-refractivity contribution in [3.8, 4) is 0 Å². The third kappa shape index (κ3) is 2.75. The molecule has 2 rings (SSSR count). The molecule has 6 heteroatoms. The Morgan fingerprint density at radius 1 is 1.55 bits per heavy atom. The summed E-state index contributed by atoms with van der Waals surface area (Å²) in [7, 11) is 1.67. The zero-order chi connectivity index (χ0) is 14.9. The van der Waals surface area contributed by atoms with E-state index >= 15 is 0 Å². The molecule has 0 spiro atoms. The number of anilines is 1. The predicted octanol–water partition coefficient (Wildman–Crippen LogP) is 0.987. The molecular weight excluding hydrogens is 272 g/mol. The van der Waals surface area contributed by atoms with Crippen molar-refractivity contribution in [3.63, 3.8) is 0 Å². The van der Waals surface area contributed by atoms with Gasteiger partial charge in [0, 0.05) is 31.4 Å². The van der Waals surface area contributed by atoms with Gasteiger partial charge >= 0.3 is 0 Å². The van der Waals surface area contributed by atoms with Crippen molar-refractivity contribution >= 4 is 28.9 Å². The lowest BCUT2D eigenvalue weighted by atomic mass is 9.89. The van der Waals surface area contributed by atoms with Crippen molar-refractivity contribution in [2.75, 3.05) is 25.0 Å². The summed E-state index contributed by atoms with van der Waals surface area (Å²) in [6, 6.07) is 3.77. The number of thiocarbonyl (C=S) groups is 1. The largest absolute Gasteiger partial charge is 0.389 e. The normalized spacial score (nSPS) is 21.9. The molecule has 0 bridgehead atoms. The van der Waals surface area contributed by atoms with Crippen molar-refractivity contribution in [1.82, 2.24) is 10.3 Å². The predicted molar refractivity (Wildman–Crippen MR) is 83.9 cm³/mol. The molecule has 1 amide bonds. The molecule has 0 saturated carbocycles. The Kier molecular flexibility index (Phi) is 3.94. The number of hydrogen-bond donors (Lipinski definition) is 2. The molecular formula is C14H20N4OS. The molecule has 0 radical (unpaired) electrons. The van der Waals surface area contributed by atoms with Crippen LogP contribution in [0.4, 0.5) is 5.82 Å². The molecule has 5 nitrogen and oxygen atoms in total. The number of amides is 1. The number of nitrogens with zero attached hydrogens (tertiary/aromatic N) is 2. The molecule has 108 valence electrons. The maximum absolute atomic E-state index is 12.0. The minimum absolute atomic E-state index is 0.0715. The lowest BCUT2D eigenvalue weighted by Crippen LogP contribution is -2.39. The third-order valence-electron chi connectivity index (χ3n) is 3.80.